The monoisotopic (exact) mass is 339 g/mol. The molecule has 2 rings (SSSR count). The quantitative estimate of drug-likeness (QED) is 0.835. The topological polar surface area (TPSA) is 75.6 Å². The van der Waals surface area contributed by atoms with Gasteiger partial charge in [-0.3, -0.25) is 9.59 Å². The zero-order valence-electron chi connectivity index (χ0n) is 13.1. The van der Waals surface area contributed by atoms with Crippen LogP contribution in [0, 0.1) is 11.8 Å². The van der Waals surface area contributed by atoms with Crippen LogP contribution in [0.3, 0.4) is 0 Å². The van der Waals surface area contributed by atoms with Gasteiger partial charge in [-0.1, -0.05) is 30.7 Å². The van der Waals surface area contributed by atoms with E-state index in [1.807, 2.05) is 6.92 Å². The van der Waals surface area contributed by atoms with Gasteiger partial charge in [-0.05, 0) is 36.5 Å². The number of rotatable bonds is 6. The summed E-state index contributed by atoms with van der Waals surface area (Å²) in [5.74, 6) is -0.955. The molecule has 1 aliphatic heterocycles. The zero-order chi connectivity index (χ0) is 16.8. The number of nitrogens with one attached hydrogen (secondary N) is 1. The normalized spacial score (nSPS) is 18.2. The van der Waals surface area contributed by atoms with E-state index in [9.17, 15) is 9.59 Å². The minimum Gasteiger partial charge on any atom is -0.481 e. The molecular weight excluding hydrogens is 318 g/mol. The fourth-order valence-corrected chi connectivity index (χ4v) is 2.98. The van der Waals surface area contributed by atoms with Gasteiger partial charge in [0.15, 0.2) is 0 Å². The molecule has 0 spiro atoms. The van der Waals surface area contributed by atoms with Gasteiger partial charge in [0.05, 0.1) is 12.5 Å². The molecule has 0 radical (unpaired) electrons. The first-order valence-electron chi connectivity index (χ1n) is 7.82. The van der Waals surface area contributed by atoms with Gasteiger partial charge in [-0.2, -0.15) is 0 Å². The number of halogens is 1. The fourth-order valence-electron chi connectivity index (χ4n) is 2.85. The number of hydrogen-bond donors (Lipinski definition) is 2. The summed E-state index contributed by atoms with van der Waals surface area (Å²) in [6, 6.07) is 6.32. The maximum absolute atomic E-state index is 12.5. The second kappa shape index (κ2) is 8.31. The Morgan fingerprint density at radius 1 is 1.30 bits per heavy atom. The summed E-state index contributed by atoms with van der Waals surface area (Å²) >= 11 is 5.86. The van der Waals surface area contributed by atoms with E-state index >= 15 is 0 Å². The Labute approximate surface area is 141 Å². The van der Waals surface area contributed by atoms with Crippen LogP contribution in [-0.2, 0) is 14.3 Å². The van der Waals surface area contributed by atoms with Crippen LogP contribution in [0.2, 0.25) is 5.02 Å². The summed E-state index contributed by atoms with van der Waals surface area (Å²) in [5.41, 5.74) is 0.740. The van der Waals surface area contributed by atoms with E-state index in [1.54, 1.807) is 24.3 Å². The first-order chi connectivity index (χ1) is 11.0. The van der Waals surface area contributed by atoms with Gasteiger partial charge in [-0.25, -0.2) is 0 Å². The highest BCUT2D eigenvalue weighted by molar-refractivity contribution is 6.30. The van der Waals surface area contributed by atoms with Gasteiger partial charge < -0.3 is 15.2 Å². The average Bonchev–Trinajstić information content (AvgIpc) is 2.54. The molecule has 0 bridgehead atoms. The van der Waals surface area contributed by atoms with Crippen LogP contribution in [0.15, 0.2) is 24.3 Å². The summed E-state index contributed by atoms with van der Waals surface area (Å²) < 4.78 is 5.32. The van der Waals surface area contributed by atoms with E-state index in [2.05, 4.69) is 5.32 Å². The van der Waals surface area contributed by atoms with Crippen LogP contribution in [0.1, 0.15) is 37.8 Å². The van der Waals surface area contributed by atoms with Crippen LogP contribution in [0.25, 0.3) is 0 Å². The summed E-state index contributed by atoms with van der Waals surface area (Å²) in [6.45, 7) is 3.25. The molecule has 6 heteroatoms. The number of ether oxygens (including phenoxy) is 1. The maximum atomic E-state index is 12.5. The smallest absolute Gasteiger partial charge is 0.305 e. The predicted octanol–water partition coefficient (Wildman–Crippen LogP) is 3.03. The standard InChI is InChI=1S/C17H22ClNO4/c1-11(12-6-8-23-9-7-12)17(22)19-15(10-16(20)21)13-2-4-14(18)5-3-13/h2-5,11-12,15H,6-10H2,1H3,(H,19,22)(H,20,21)/t11?,15-/m0/s1. The molecule has 1 fully saturated rings. The van der Waals surface area contributed by atoms with Gasteiger partial charge >= 0.3 is 5.97 Å². The number of aliphatic carboxylic acids is 1. The Hall–Kier alpha value is -1.59. The highest BCUT2D eigenvalue weighted by Gasteiger charge is 2.28. The lowest BCUT2D eigenvalue weighted by Crippen LogP contribution is -2.38. The third-order valence-electron chi connectivity index (χ3n) is 4.35. The van der Waals surface area contributed by atoms with Crippen molar-refractivity contribution >= 4 is 23.5 Å². The summed E-state index contributed by atoms with van der Waals surface area (Å²) in [4.78, 5) is 23.6. The molecule has 1 aromatic carbocycles. The zero-order valence-corrected chi connectivity index (χ0v) is 13.9. The third-order valence-corrected chi connectivity index (χ3v) is 4.61. The molecule has 1 amide bonds. The number of carboxylic acids is 1. The molecule has 0 aromatic heterocycles. The van der Waals surface area contributed by atoms with Crippen molar-refractivity contribution in [2.45, 2.75) is 32.2 Å². The van der Waals surface area contributed by atoms with Gasteiger partial charge in [0.2, 0.25) is 5.91 Å². The molecule has 2 N–H and O–H groups in total. The van der Waals surface area contributed by atoms with Crippen molar-refractivity contribution in [2.24, 2.45) is 11.8 Å². The second-order valence-electron chi connectivity index (χ2n) is 5.95. The molecule has 0 aliphatic carbocycles. The largest absolute Gasteiger partial charge is 0.481 e. The van der Waals surface area contributed by atoms with Gasteiger partial charge in [0, 0.05) is 24.2 Å². The van der Waals surface area contributed by atoms with E-state index in [0.29, 0.717) is 18.2 Å². The first-order valence-corrected chi connectivity index (χ1v) is 8.20. The van der Waals surface area contributed by atoms with Crippen LogP contribution in [0.4, 0.5) is 0 Å². The first kappa shape index (κ1) is 17.8. The van der Waals surface area contributed by atoms with Gasteiger partial charge in [-0.15, -0.1) is 0 Å². The van der Waals surface area contributed by atoms with E-state index in [0.717, 1.165) is 18.4 Å². The molecule has 2 atom stereocenters. The molecule has 23 heavy (non-hydrogen) atoms. The highest BCUT2D eigenvalue weighted by atomic mass is 35.5. The predicted molar refractivity (Wildman–Crippen MR) is 87.3 cm³/mol. The molecule has 1 aromatic rings. The summed E-state index contributed by atoms with van der Waals surface area (Å²) in [6.07, 6.45) is 1.56. The minimum atomic E-state index is -0.955. The second-order valence-corrected chi connectivity index (χ2v) is 6.39. The third kappa shape index (κ3) is 5.22. The van der Waals surface area contributed by atoms with Gasteiger partial charge in [0.25, 0.3) is 0 Å². The Kier molecular flexibility index (Phi) is 6.42. The maximum Gasteiger partial charge on any atom is 0.305 e. The molecule has 0 saturated carbocycles. The highest BCUT2D eigenvalue weighted by Crippen LogP contribution is 2.26. The van der Waals surface area contributed by atoms with E-state index in [1.165, 1.54) is 0 Å². The Bertz CT molecular complexity index is 540. The van der Waals surface area contributed by atoms with Crippen molar-refractivity contribution in [3.8, 4) is 0 Å². The molecule has 126 valence electrons. The van der Waals surface area contributed by atoms with Crippen molar-refractivity contribution in [3.05, 3.63) is 34.9 Å². The lowest BCUT2D eigenvalue weighted by atomic mass is 9.86. The Balaban J connectivity index is 2.05. The van der Waals surface area contributed by atoms with Crippen molar-refractivity contribution in [1.29, 1.82) is 0 Å². The molecule has 1 unspecified atom stereocenters. The number of amides is 1. The van der Waals surface area contributed by atoms with Crippen LogP contribution in [0.5, 0.6) is 0 Å². The number of hydrogen-bond acceptors (Lipinski definition) is 3. The molecule has 1 aliphatic rings. The van der Waals surface area contributed by atoms with E-state index < -0.39 is 12.0 Å². The Morgan fingerprint density at radius 3 is 2.48 bits per heavy atom. The molecular formula is C17H22ClNO4. The minimum absolute atomic E-state index is 0.113. The van der Waals surface area contributed by atoms with Crippen LogP contribution >= 0.6 is 11.6 Å². The van der Waals surface area contributed by atoms with Crippen molar-refractivity contribution in [2.75, 3.05) is 13.2 Å². The van der Waals surface area contributed by atoms with Crippen molar-refractivity contribution in [1.82, 2.24) is 5.32 Å². The summed E-state index contributed by atoms with van der Waals surface area (Å²) in [5, 5.41) is 12.6. The summed E-state index contributed by atoms with van der Waals surface area (Å²) in [7, 11) is 0. The van der Waals surface area contributed by atoms with Gasteiger partial charge in [0.1, 0.15) is 0 Å². The van der Waals surface area contributed by atoms with Crippen LogP contribution in [-0.4, -0.2) is 30.2 Å². The SMILES string of the molecule is CC(C(=O)N[C@@H](CC(=O)O)c1ccc(Cl)cc1)C1CCOCC1. The number of carbonyl (C=O) groups excluding carboxylic acids is 1. The Morgan fingerprint density at radius 2 is 1.91 bits per heavy atom. The molecule has 5 nitrogen and oxygen atoms in total. The van der Waals surface area contributed by atoms with Crippen molar-refractivity contribution in [3.63, 3.8) is 0 Å². The lowest BCUT2D eigenvalue weighted by Gasteiger charge is -2.28. The number of carboxylic acid groups (broad SMARTS) is 1. The molecule has 1 saturated heterocycles. The molecule has 1 heterocycles. The van der Waals surface area contributed by atoms with E-state index in [4.69, 9.17) is 21.4 Å². The van der Waals surface area contributed by atoms with Crippen molar-refractivity contribution < 1.29 is 19.4 Å². The van der Waals surface area contributed by atoms with E-state index in [-0.39, 0.29) is 24.2 Å². The fraction of sp³-hybridized carbons (Fsp3) is 0.529. The number of carbonyl (C=O) groups is 2. The number of benzene rings is 1. The lowest BCUT2D eigenvalue weighted by molar-refractivity contribution is -0.138. The van der Waals surface area contributed by atoms with Crippen LogP contribution < -0.4 is 5.32 Å². The average molecular weight is 340 g/mol.